The van der Waals surface area contributed by atoms with Gasteiger partial charge in [-0.1, -0.05) is 19.1 Å². The Morgan fingerprint density at radius 2 is 1.88 bits per heavy atom. The highest BCUT2D eigenvalue weighted by atomic mass is 19.4. The van der Waals surface area contributed by atoms with Crippen LogP contribution in [0.5, 0.6) is 0 Å². The Morgan fingerprint density at radius 1 is 1.15 bits per heavy atom. The van der Waals surface area contributed by atoms with Crippen LogP contribution in [0.1, 0.15) is 35.3 Å². The number of hydrogen-bond acceptors (Lipinski definition) is 6. The maximum atomic E-state index is 13.4. The largest absolute Gasteiger partial charge is 0.490 e. The van der Waals surface area contributed by atoms with Crippen molar-refractivity contribution in [1.29, 1.82) is 0 Å². The summed E-state index contributed by atoms with van der Waals surface area (Å²) in [4.78, 5) is 30.8. The number of aromatic amines is 1. The maximum absolute atomic E-state index is 13.4. The molecule has 0 saturated heterocycles. The number of anilines is 2. The van der Waals surface area contributed by atoms with Gasteiger partial charge in [0, 0.05) is 35.6 Å². The number of ether oxygens (including phenoxy) is 1. The van der Waals surface area contributed by atoms with Crippen molar-refractivity contribution in [3.05, 3.63) is 77.2 Å². The van der Waals surface area contributed by atoms with Gasteiger partial charge in [-0.15, -0.1) is 0 Å². The molecule has 2 aromatic carbocycles. The van der Waals surface area contributed by atoms with Crippen molar-refractivity contribution in [1.82, 2.24) is 15.3 Å². The average molecular weight is 558 g/mol. The summed E-state index contributed by atoms with van der Waals surface area (Å²) in [5, 5.41) is 7.00. The van der Waals surface area contributed by atoms with E-state index in [9.17, 15) is 27.2 Å². The summed E-state index contributed by atoms with van der Waals surface area (Å²) in [6.45, 7) is 3.39. The van der Waals surface area contributed by atoms with Gasteiger partial charge in [0.25, 0.3) is 5.91 Å². The second kappa shape index (κ2) is 11.7. The molecule has 5 N–H and O–H groups in total. The van der Waals surface area contributed by atoms with Crippen LogP contribution < -0.4 is 16.4 Å². The minimum atomic E-state index is -5.05. The SMILES string of the molecule is CCc1c(CNC(C)COC(=O)C(F)(F)F)cccc1Nc1c(C(N)=O)cnc2[nH]c(-c3ccc(F)cc3)cc12. The number of nitrogens with zero attached hydrogens (tertiary/aromatic N) is 1. The van der Waals surface area contributed by atoms with Crippen LogP contribution in [0.4, 0.5) is 28.9 Å². The highest BCUT2D eigenvalue weighted by molar-refractivity contribution is 6.08. The lowest BCUT2D eigenvalue weighted by atomic mass is 10.0. The fourth-order valence-corrected chi connectivity index (χ4v) is 4.28. The minimum Gasteiger partial charge on any atom is -0.457 e. The predicted octanol–water partition coefficient (Wildman–Crippen LogP) is 5.36. The number of fused-ring (bicyclic) bond motifs is 1. The van der Waals surface area contributed by atoms with Crippen LogP contribution in [-0.2, 0) is 22.5 Å². The molecule has 210 valence electrons. The highest BCUT2D eigenvalue weighted by Gasteiger charge is 2.41. The third kappa shape index (κ3) is 6.40. The molecule has 8 nitrogen and oxygen atoms in total. The Labute approximate surface area is 226 Å². The summed E-state index contributed by atoms with van der Waals surface area (Å²) < 4.78 is 54.9. The van der Waals surface area contributed by atoms with Gasteiger partial charge >= 0.3 is 12.1 Å². The first-order valence-corrected chi connectivity index (χ1v) is 12.4. The lowest BCUT2D eigenvalue weighted by Gasteiger charge is -2.19. The molecule has 40 heavy (non-hydrogen) atoms. The van der Waals surface area contributed by atoms with E-state index in [1.807, 2.05) is 19.1 Å². The molecule has 0 saturated carbocycles. The number of hydrogen-bond donors (Lipinski definition) is 4. The third-order valence-corrected chi connectivity index (χ3v) is 6.30. The number of amides is 1. The van der Waals surface area contributed by atoms with Crippen LogP contribution in [0.3, 0.4) is 0 Å². The Morgan fingerprint density at radius 3 is 2.52 bits per heavy atom. The van der Waals surface area contributed by atoms with Gasteiger partial charge in [-0.3, -0.25) is 4.79 Å². The van der Waals surface area contributed by atoms with Crippen molar-refractivity contribution in [3.8, 4) is 11.3 Å². The van der Waals surface area contributed by atoms with E-state index in [0.717, 1.165) is 16.7 Å². The number of aromatic nitrogens is 2. The molecule has 1 unspecified atom stereocenters. The monoisotopic (exact) mass is 557 g/mol. The third-order valence-electron chi connectivity index (χ3n) is 6.30. The number of nitrogens with two attached hydrogens (primary N) is 1. The Kier molecular flexibility index (Phi) is 8.38. The molecule has 0 radical (unpaired) electrons. The van der Waals surface area contributed by atoms with E-state index < -0.39 is 30.7 Å². The van der Waals surface area contributed by atoms with Gasteiger partial charge in [0.1, 0.15) is 18.1 Å². The van der Waals surface area contributed by atoms with Gasteiger partial charge in [-0.05, 0) is 66.4 Å². The van der Waals surface area contributed by atoms with E-state index in [1.54, 1.807) is 31.2 Å². The zero-order valence-corrected chi connectivity index (χ0v) is 21.7. The molecule has 12 heteroatoms. The summed E-state index contributed by atoms with van der Waals surface area (Å²) in [6, 6.07) is 12.7. The molecule has 0 spiro atoms. The Bertz CT molecular complexity index is 1530. The zero-order valence-electron chi connectivity index (χ0n) is 21.7. The minimum absolute atomic E-state index is 0.169. The van der Waals surface area contributed by atoms with Crippen LogP contribution in [0, 0.1) is 5.82 Å². The van der Waals surface area contributed by atoms with E-state index in [1.165, 1.54) is 18.3 Å². The molecule has 2 heterocycles. The predicted molar refractivity (Wildman–Crippen MR) is 142 cm³/mol. The van der Waals surface area contributed by atoms with Gasteiger partial charge in [-0.25, -0.2) is 14.2 Å². The van der Waals surface area contributed by atoms with Gasteiger partial charge in [0.05, 0.1) is 11.3 Å². The summed E-state index contributed by atoms with van der Waals surface area (Å²) in [5.41, 5.74) is 10.6. The maximum Gasteiger partial charge on any atom is 0.490 e. The van der Waals surface area contributed by atoms with E-state index in [4.69, 9.17) is 5.73 Å². The number of esters is 1. The Balaban J connectivity index is 1.61. The second-order valence-electron chi connectivity index (χ2n) is 9.16. The molecule has 0 fully saturated rings. The van der Waals surface area contributed by atoms with Crippen LogP contribution in [-0.4, -0.2) is 40.7 Å². The first-order chi connectivity index (χ1) is 19.0. The lowest BCUT2D eigenvalue weighted by Crippen LogP contribution is -2.34. The van der Waals surface area contributed by atoms with Crippen LogP contribution >= 0.6 is 0 Å². The molecular formula is C28H27F4N5O3. The summed E-state index contributed by atoms with van der Waals surface area (Å²) in [5.74, 6) is -3.28. The van der Waals surface area contributed by atoms with Crippen molar-refractivity contribution < 1.29 is 31.9 Å². The summed E-state index contributed by atoms with van der Waals surface area (Å²) >= 11 is 0. The molecule has 4 rings (SSSR count). The average Bonchev–Trinajstić information content (AvgIpc) is 3.35. The van der Waals surface area contributed by atoms with Gasteiger partial charge in [-0.2, -0.15) is 13.2 Å². The zero-order chi connectivity index (χ0) is 29.0. The fourth-order valence-electron chi connectivity index (χ4n) is 4.28. The second-order valence-corrected chi connectivity index (χ2v) is 9.16. The van der Waals surface area contributed by atoms with Gasteiger partial charge in [0.2, 0.25) is 0 Å². The number of rotatable bonds is 10. The number of halogens is 4. The van der Waals surface area contributed by atoms with Crippen molar-refractivity contribution in [2.45, 2.75) is 39.0 Å². The molecular weight excluding hydrogens is 530 g/mol. The number of carbonyl (C=O) groups is 2. The quantitative estimate of drug-likeness (QED) is 0.154. The number of carbonyl (C=O) groups excluding carboxylic acids is 2. The first kappa shape index (κ1) is 28.6. The van der Waals surface area contributed by atoms with Crippen molar-refractivity contribution >= 4 is 34.3 Å². The van der Waals surface area contributed by atoms with E-state index >= 15 is 0 Å². The number of H-pyrrole nitrogens is 1. The number of benzene rings is 2. The molecule has 1 atom stereocenters. The number of alkyl halides is 3. The smallest absolute Gasteiger partial charge is 0.457 e. The fraction of sp³-hybridized carbons (Fsp3) is 0.250. The lowest BCUT2D eigenvalue weighted by molar-refractivity contribution is -0.200. The molecule has 4 aromatic rings. The molecule has 0 bridgehead atoms. The van der Waals surface area contributed by atoms with Crippen LogP contribution in [0.2, 0.25) is 0 Å². The topological polar surface area (TPSA) is 122 Å². The van der Waals surface area contributed by atoms with Gasteiger partial charge < -0.3 is 26.1 Å². The molecule has 1 amide bonds. The standard InChI is InChI=1S/C28H27F4N5O3/c1-3-19-17(12-34-15(2)14-40-27(39)28(30,31)32)5-4-6-22(19)36-24-20-11-23(16-7-9-18(29)10-8-16)37-26(20)35-13-21(24)25(33)38/h4-11,13,15,34H,3,12,14H2,1-2H3,(H2,33,38)(H2,35,36,37). The van der Waals surface area contributed by atoms with E-state index in [0.29, 0.717) is 34.5 Å². The van der Waals surface area contributed by atoms with Crippen molar-refractivity contribution in [3.63, 3.8) is 0 Å². The Hall–Kier alpha value is -4.45. The van der Waals surface area contributed by atoms with Crippen LogP contribution in [0.25, 0.3) is 22.3 Å². The number of pyridine rings is 1. The first-order valence-electron chi connectivity index (χ1n) is 12.4. The molecule has 0 aliphatic heterocycles. The van der Waals surface area contributed by atoms with E-state index in [2.05, 4.69) is 25.3 Å². The molecule has 2 aromatic heterocycles. The molecule has 0 aliphatic carbocycles. The summed E-state index contributed by atoms with van der Waals surface area (Å²) in [7, 11) is 0. The normalized spacial score (nSPS) is 12.3. The van der Waals surface area contributed by atoms with E-state index in [-0.39, 0.29) is 17.9 Å². The highest BCUT2D eigenvalue weighted by Crippen LogP contribution is 2.34. The number of primary amides is 1. The van der Waals surface area contributed by atoms with Crippen LogP contribution in [0.15, 0.2) is 54.7 Å². The number of nitrogens with one attached hydrogen (secondary N) is 3. The molecule has 0 aliphatic rings. The van der Waals surface area contributed by atoms with Gasteiger partial charge in [0.15, 0.2) is 0 Å². The summed E-state index contributed by atoms with van der Waals surface area (Å²) in [6.07, 6.45) is -3.08. The van der Waals surface area contributed by atoms with Crippen molar-refractivity contribution in [2.75, 3.05) is 11.9 Å². The van der Waals surface area contributed by atoms with Crippen molar-refractivity contribution in [2.24, 2.45) is 5.73 Å².